The molecule has 0 unspecified atom stereocenters. The largest absolute Gasteiger partial charge is 0.496 e. The summed E-state index contributed by atoms with van der Waals surface area (Å²) < 4.78 is 10.6. The molecule has 1 N–H and O–H groups in total. The molecule has 0 aliphatic heterocycles. The summed E-state index contributed by atoms with van der Waals surface area (Å²) in [7, 11) is 3.25. The molecule has 0 saturated heterocycles. The Kier molecular flexibility index (Phi) is 2.35. The highest BCUT2D eigenvalue weighted by Gasteiger charge is 2.44. The van der Waals surface area contributed by atoms with Crippen LogP contribution in [0.25, 0.3) is 0 Å². The highest BCUT2D eigenvalue weighted by molar-refractivity contribution is 5.52. The van der Waals surface area contributed by atoms with E-state index in [4.69, 9.17) is 9.47 Å². The maximum atomic E-state index is 10.1. The first kappa shape index (κ1) is 10.3. The summed E-state index contributed by atoms with van der Waals surface area (Å²) in [6.07, 6.45) is 1.63. The van der Waals surface area contributed by atoms with Gasteiger partial charge in [0.25, 0.3) is 0 Å². The summed E-state index contributed by atoms with van der Waals surface area (Å²) in [4.78, 5) is 0. The van der Waals surface area contributed by atoms with Gasteiger partial charge in [0.15, 0.2) is 0 Å². The summed E-state index contributed by atoms with van der Waals surface area (Å²) in [5.41, 5.74) is 1.16. The Labute approximate surface area is 89.6 Å². The van der Waals surface area contributed by atoms with Crippen LogP contribution >= 0.6 is 0 Å². The molecule has 1 saturated carbocycles. The Morgan fingerprint density at radius 3 is 2.33 bits per heavy atom. The highest BCUT2D eigenvalue weighted by Crippen LogP contribution is 2.50. The Morgan fingerprint density at radius 2 is 1.87 bits per heavy atom. The van der Waals surface area contributed by atoms with Crippen LogP contribution in [0.2, 0.25) is 0 Å². The van der Waals surface area contributed by atoms with Crippen molar-refractivity contribution in [2.45, 2.75) is 25.4 Å². The van der Waals surface area contributed by atoms with E-state index >= 15 is 0 Å². The third-order valence-corrected chi connectivity index (χ3v) is 3.01. The van der Waals surface area contributed by atoms with Crippen LogP contribution in [0, 0.1) is 6.92 Å². The summed E-state index contributed by atoms with van der Waals surface area (Å²) in [5, 5.41) is 10.1. The van der Waals surface area contributed by atoms with Crippen molar-refractivity contribution in [3.63, 3.8) is 0 Å². The monoisotopic (exact) mass is 208 g/mol. The molecule has 2 rings (SSSR count). The fraction of sp³-hybridized carbons (Fsp3) is 0.500. The van der Waals surface area contributed by atoms with Gasteiger partial charge < -0.3 is 14.6 Å². The van der Waals surface area contributed by atoms with Crippen LogP contribution in [0.1, 0.15) is 24.0 Å². The lowest BCUT2D eigenvalue weighted by atomic mass is 10.0. The molecule has 0 aromatic heterocycles. The van der Waals surface area contributed by atoms with Gasteiger partial charge in [-0.15, -0.1) is 0 Å². The van der Waals surface area contributed by atoms with Gasteiger partial charge in [-0.3, -0.25) is 0 Å². The normalized spacial score (nSPS) is 17.3. The minimum Gasteiger partial charge on any atom is -0.496 e. The first-order chi connectivity index (χ1) is 7.12. The number of hydrogen-bond acceptors (Lipinski definition) is 3. The molecule has 3 heteroatoms. The van der Waals surface area contributed by atoms with Crippen LogP contribution in [-0.2, 0) is 5.60 Å². The first-order valence-corrected chi connectivity index (χ1v) is 5.07. The van der Waals surface area contributed by atoms with Crippen molar-refractivity contribution in [3.05, 3.63) is 23.3 Å². The highest BCUT2D eigenvalue weighted by atomic mass is 16.5. The molecule has 0 radical (unpaired) electrons. The topological polar surface area (TPSA) is 38.7 Å². The SMILES string of the molecule is COc1ccc(C2(O)CC2)c(OC)c1C. The fourth-order valence-electron chi connectivity index (χ4n) is 1.91. The second kappa shape index (κ2) is 3.42. The Hall–Kier alpha value is -1.22. The molecule has 0 spiro atoms. The van der Waals surface area contributed by atoms with Crippen molar-refractivity contribution >= 4 is 0 Å². The molecule has 1 fully saturated rings. The van der Waals surface area contributed by atoms with Crippen LogP contribution in [0.5, 0.6) is 11.5 Å². The van der Waals surface area contributed by atoms with E-state index in [-0.39, 0.29) is 0 Å². The maximum absolute atomic E-state index is 10.1. The van der Waals surface area contributed by atoms with Gasteiger partial charge in [-0.25, -0.2) is 0 Å². The molecular formula is C12H16O3. The molecule has 0 bridgehead atoms. The summed E-state index contributed by atoms with van der Waals surface area (Å²) in [6, 6.07) is 3.77. The van der Waals surface area contributed by atoms with Gasteiger partial charge in [-0.1, -0.05) is 0 Å². The first-order valence-electron chi connectivity index (χ1n) is 5.07. The predicted molar refractivity (Wildman–Crippen MR) is 57.4 cm³/mol. The third-order valence-electron chi connectivity index (χ3n) is 3.01. The third kappa shape index (κ3) is 1.57. The van der Waals surface area contributed by atoms with Crippen LogP contribution in [0.15, 0.2) is 12.1 Å². The van der Waals surface area contributed by atoms with Gasteiger partial charge in [0.05, 0.1) is 19.8 Å². The number of rotatable bonds is 3. The fourth-order valence-corrected chi connectivity index (χ4v) is 1.91. The molecule has 15 heavy (non-hydrogen) atoms. The van der Waals surface area contributed by atoms with Crippen molar-refractivity contribution in [3.8, 4) is 11.5 Å². The van der Waals surface area contributed by atoms with Gasteiger partial charge >= 0.3 is 0 Å². The molecular weight excluding hydrogens is 192 g/mol. The zero-order valence-corrected chi connectivity index (χ0v) is 9.33. The minimum atomic E-state index is -0.664. The molecule has 82 valence electrons. The predicted octanol–water partition coefficient (Wildman–Crippen LogP) is 1.99. The average molecular weight is 208 g/mol. The van der Waals surface area contributed by atoms with Crippen LogP contribution in [0.4, 0.5) is 0 Å². The van der Waals surface area contributed by atoms with Crippen LogP contribution in [-0.4, -0.2) is 19.3 Å². The van der Waals surface area contributed by atoms with Gasteiger partial charge in [0.2, 0.25) is 0 Å². The Bertz CT molecular complexity index is 381. The number of ether oxygens (including phenoxy) is 2. The second-order valence-corrected chi connectivity index (χ2v) is 4.01. The zero-order chi connectivity index (χ0) is 11.1. The van der Waals surface area contributed by atoms with Gasteiger partial charge in [0, 0.05) is 11.1 Å². The number of methoxy groups -OCH3 is 2. The van der Waals surface area contributed by atoms with Crippen molar-refractivity contribution in [2.75, 3.05) is 14.2 Å². The molecule has 3 nitrogen and oxygen atoms in total. The summed E-state index contributed by atoms with van der Waals surface area (Å²) in [6.45, 7) is 1.94. The summed E-state index contributed by atoms with van der Waals surface area (Å²) >= 11 is 0. The van der Waals surface area contributed by atoms with E-state index < -0.39 is 5.60 Å². The Morgan fingerprint density at radius 1 is 1.20 bits per heavy atom. The van der Waals surface area contributed by atoms with Gasteiger partial charge in [-0.2, -0.15) is 0 Å². The minimum absolute atomic E-state index is 0.664. The van der Waals surface area contributed by atoms with Crippen molar-refractivity contribution in [2.24, 2.45) is 0 Å². The second-order valence-electron chi connectivity index (χ2n) is 4.01. The number of benzene rings is 1. The average Bonchev–Trinajstić information content (AvgIpc) is 2.97. The van der Waals surface area contributed by atoms with Crippen LogP contribution < -0.4 is 9.47 Å². The summed E-state index contributed by atoms with van der Waals surface area (Å²) in [5.74, 6) is 1.54. The Balaban J connectivity index is 2.52. The smallest absolute Gasteiger partial charge is 0.131 e. The standard InChI is InChI=1S/C12H16O3/c1-8-10(14-2)5-4-9(11(8)15-3)12(13)6-7-12/h4-5,13H,6-7H2,1-3H3. The van der Waals surface area contributed by atoms with Crippen molar-refractivity contribution in [1.82, 2.24) is 0 Å². The van der Waals surface area contributed by atoms with Crippen molar-refractivity contribution in [1.29, 1.82) is 0 Å². The molecule has 0 heterocycles. The van der Waals surface area contributed by atoms with Crippen LogP contribution in [0.3, 0.4) is 0 Å². The molecule has 1 aliphatic rings. The lowest BCUT2D eigenvalue weighted by Gasteiger charge is -2.17. The molecule has 0 atom stereocenters. The van der Waals surface area contributed by atoms with Crippen molar-refractivity contribution < 1.29 is 14.6 Å². The quantitative estimate of drug-likeness (QED) is 0.825. The van der Waals surface area contributed by atoms with E-state index in [2.05, 4.69) is 0 Å². The zero-order valence-electron chi connectivity index (χ0n) is 9.33. The number of aliphatic hydroxyl groups is 1. The van der Waals surface area contributed by atoms with Gasteiger partial charge in [0.1, 0.15) is 11.5 Å². The van der Waals surface area contributed by atoms with E-state index in [0.717, 1.165) is 35.5 Å². The molecule has 1 aliphatic carbocycles. The van der Waals surface area contributed by atoms with E-state index in [1.165, 1.54) is 0 Å². The maximum Gasteiger partial charge on any atom is 0.131 e. The number of hydrogen-bond donors (Lipinski definition) is 1. The van der Waals surface area contributed by atoms with E-state index in [1.54, 1.807) is 14.2 Å². The lowest BCUT2D eigenvalue weighted by Crippen LogP contribution is -2.08. The molecule has 0 amide bonds. The molecule has 1 aromatic rings. The lowest BCUT2D eigenvalue weighted by molar-refractivity contribution is 0.147. The van der Waals surface area contributed by atoms with E-state index in [9.17, 15) is 5.11 Å². The van der Waals surface area contributed by atoms with Gasteiger partial charge in [-0.05, 0) is 31.9 Å². The molecule has 1 aromatic carbocycles. The van der Waals surface area contributed by atoms with E-state index in [1.807, 2.05) is 19.1 Å². The van der Waals surface area contributed by atoms with E-state index in [0.29, 0.717) is 0 Å².